The lowest BCUT2D eigenvalue weighted by molar-refractivity contribution is 0.101. The van der Waals surface area contributed by atoms with Crippen LogP contribution in [0.3, 0.4) is 0 Å². The molecule has 0 atom stereocenters. The van der Waals surface area contributed by atoms with Gasteiger partial charge in [0.25, 0.3) is 0 Å². The number of carbonyl (C=O) groups is 1. The average molecular weight is 414 g/mol. The molecule has 0 aromatic heterocycles. The first-order valence-electron chi connectivity index (χ1n) is 10.2. The predicted molar refractivity (Wildman–Crippen MR) is 126 cm³/mol. The van der Waals surface area contributed by atoms with Gasteiger partial charge in [0, 0.05) is 23.4 Å². The number of allylic oxidation sites excluding steroid dienone is 5. The maximum atomic E-state index is 12.0. The summed E-state index contributed by atoms with van der Waals surface area (Å²) in [5.41, 5.74) is 5.28. The highest BCUT2D eigenvalue weighted by atomic mass is 16.5. The van der Waals surface area contributed by atoms with E-state index in [4.69, 9.17) is 9.47 Å². The van der Waals surface area contributed by atoms with E-state index in [1.165, 1.54) is 0 Å². The van der Waals surface area contributed by atoms with Gasteiger partial charge < -0.3 is 9.47 Å². The van der Waals surface area contributed by atoms with E-state index < -0.39 is 0 Å². The van der Waals surface area contributed by atoms with Crippen molar-refractivity contribution in [2.75, 3.05) is 6.61 Å². The van der Waals surface area contributed by atoms with E-state index in [9.17, 15) is 4.79 Å². The fraction of sp³-hybridized carbons (Fsp3) is 0.185. The van der Waals surface area contributed by atoms with E-state index in [-0.39, 0.29) is 5.78 Å². The highest BCUT2D eigenvalue weighted by molar-refractivity contribution is 6.11. The smallest absolute Gasteiger partial charge is 0.160 e. The van der Waals surface area contributed by atoms with Crippen LogP contribution in [0.15, 0.2) is 95.7 Å². The van der Waals surface area contributed by atoms with Crippen LogP contribution in [0, 0.1) is 6.92 Å². The van der Waals surface area contributed by atoms with Crippen LogP contribution in [0.2, 0.25) is 0 Å². The molecule has 1 aliphatic rings. The van der Waals surface area contributed by atoms with Gasteiger partial charge in [0.1, 0.15) is 24.7 Å². The van der Waals surface area contributed by atoms with Gasteiger partial charge in [-0.2, -0.15) is 0 Å². The highest BCUT2D eigenvalue weighted by Gasteiger charge is 2.11. The van der Waals surface area contributed by atoms with Gasteiger partial charge in [-0.25, -0.2) is 0 Å². The Morgan fingerprint density at radius 3 is 2.48 bits per heavy atom. The van der Waals surface area contributed by atoms with Gasteiger partial charge in [0.05, 0.1) is 5.71 Å². The Morgan fingerprint density at radius 2 is 1.74 bits per heavy atom. The number of hydrogen-bond donors (Lipinski definition) is 0. The Hall–Kier alpha value is -3.66. The third kappa shape index (κ3) is 6.16. The number of benzene rings is 2. The number of carbonyl (C=O) groups excluding carboxylic acids is 1. The molecular formula is C27H27NO3. The summed E-state index contributed by atoms with van der Waals surface area (Å²) in [6.07, 6.45) is 9.54. The second-order valence-corrected chi connectivity index (χ2v) is 7.45. The van der Waals surface area contributed by atoms with E-state index in [0.717, 1.165) is 33.5 Å². The molecule has 0 fully saturated rings. The van der Waals surface area contributed by atoms with Crippen molar-refractivity contribution >= 4 is 11.5 Å². The van der Waals surface area contributed by atoms with Crippen LogP contribution < -0.4 is 9.47 Å². The minimum absolute atomic E-state index is 0.0444. The summed E-state index contributed by atoms with van der Waals surface area (Å²) in [7, 11) is 0. The summed E-state index contributed by atoms with van der Waals surface area (Å²) in [4.78, 5) is 16.4. The van der Waals surface area contributed by atoms with Crippen molar-refractivity contribution in [2.24, 2.45) is 4.99 Å². The molecule has 4 nitrogen and oxygen atoms in total. The Kier molecular flexibility index (Phi) is 7.39. The molecule has 0 aliphatic heterocycles. The van der Waals surface area contributed by atoms with Crippen molar-refractivity contribution in [1.29, 1.82) is 0 Å². The Bertz CT molecular complexity index is 1100. The van der Waals surface area contributed by atoms with E-state index in [1.807, 2.05) is 80.6 Å². The monoisotopic (exact) mass is 413 g/mol. The summed E-state index contributed by atoms with van der Waals surface area (Å²) in [6, 6.07) is 13.3. The largest absolute Gasteiger partial charge is 0.489 e. The molecule has 3 rings (SSSR count). The van der Waals surface area contributed by atoms with Crippen molar-refractivity contribution in [1.82, 2.24) is 0 Å². The third-order valence-electron chi connectivity index (χ3n) is 4.79. The first kappa shape index (κ1) is 22.0. The molecule has 2 aromatic carbocycles. The Morgan fingerprint density at radius 1 is 1.03 bits per heavy atom. The van der Waals surface area contributed by atoms with E-state index >= 15 is 0 Å². The lowest BCUT2D eigenvalue weighted by atomic mass is 9.99. The van der Waals surface area contributed by atoms with Gasteiger partial charge in [-0.1, -0.05) is 49.1 Å². The molecule has 0 bridgehead atoms. The van der Waals surface area contributed by atoms with Gasteiger partial charge in [-0.05, 0) is 55.7 Å². The number of ketones is 1. The molecule has 0 heterocycles. The summed E-state index contributed by atoms with van der Waals surface area (Å²) in [5, 5.41) is 0. The average Bonchev–Trinajstić information content (AvgIpc) is 2.75. The van der Waals surface area contributed by atoms with Crippen LogP contribution in [0.5, 0.6) is 11.5 Å². The molecule has 4 heteroatoms. The molecular weight excluding hydrogens is 386 g/mol. The molecule has 0 unspecified atom stereocenters. The molecule has 0 radical (unpaired) electrons. The second kappa shape index (κ2) is 10.4. The predicted octanol–water partition coefficient (Wildman–Crippen LogP) is 6.18. The molecule has 0 spiro atoms. The molecule has 31 heavy (non-hydrogen) atoms. The lowest BCUT2D eigenvalue weighted by Gasteiger charge is -2.13. The summed E-state index contributed by atoms with van der Waals surface area (Å²) < 4.78 is 11.8. The number of nitrogens with zero attached hydrogens (tertiary/aromatic N) is 1. The maximum Gasteiger partial charge on any atom is 0.160 e. The minimum atomic E-state index is 0.0444. The van der Waals surface area contributed by atoms with Crippen LogP contribution >= 0.6 is 0 Å². The number of rotatable bonds is 8. The molecule has 1 aliphatic carbocycles. The number of ether oxygens (including phenoxy) is 2. The number of aliphatic imine (C=N–C) groups is 1. The zero-order chi connectivity index (χ0) is 22.2. The van der Waals surface area contributed by atoms with Crippen LogP contribution in [-0.4, -0.2) is 18.1 Å². The van der Waals surface area contributed by atoms with Crippen LogP contribution in [0.4, 0.5) is 0 Å². The molecule has 0 N–H and O–H groups in total. The first-order valence-corrected chi connectivity index (χ1v) is 10.2. The highest BCUT2D eigenvalue weighted by Crippen LogP contribution is 2.23. The third-order valence-corrected chi connectivity index (χ3v) is 4.79. The van der Waals surface area contributed by atoms with Crippen LogP contribution in [0.1, 0.15) is 35.3 Å². The number of Topliss-reactive ketones (excluding diaryl/α,β-unsaturated/α-hetero) is 1. The lowest BCUT2D eigenvalue weighted by Crippen LogP contribution is -2.06. The summed E-state index contributed by atoms with van der Waals surface area (Å²) in [6.45, 7) is 10.2. The zero-order valence-corrected chi connectivity index (χ0v) is 18.2. The van der Waals surface area contributed by atoms with Crippen LogP contribution in [0.25, 0.3) is 0 Å². The van der Waals surface area contributed by atoms with Gasteiger partial charge in [-0.15, -0.1) is 0 Å². The molecule has 158 valence electrons. The fourth-order valence-corrected chi connectivity index (χ4v) is 3.22. The van der Waals surface area contributed by atoms with E-state index in [1.54, 1.807) is 13.1 Å². The van der Waals surface area contributed by atoms with Crippen molar-refractivity contribution in [3.8, 4) is 11.5 Å². The van der Waals surface area contributed by atoms with Gasteiger partial charge >= 0.3 is 0 Å². The quantitative estimate of drug-likeness (QED) is 0.485. The molecule has 0 saturated carbocycles. The molecule has 0 amide bonds. The van der Waals surface area contributed by atoms with Crippen molar-refractivity contribution < 1.29 is 14.3 Å². The van der Waals surface area contributed by atoms with Crippen molar-refractivity contribution in [3.05, 3.63) is 107 Å². The fourth-order valence-electron chi connectivity index (χ4n) is 3.22. The van der Waals surface area contributed by atoms with E-state index in [0.29, 0.717) is 24.7 Å². The second-order valence-electron chi connectivity index (χ2n) is 7.45. The van der Waals surface area contributed by atoms with Crippen molar-refractivity contribution in [2.45, 2.75) is 27.4 Å². The van der Waals surface area contributed by atoms with E-state index in [2.05, 4.69) is 11.6 Å². The molecule has 2 aromatic rings. The van der Waals surface area contributed by atoms with Gasteiger partial charge in [0.15, 0.2) is 5.78 Å². The summed E-state index contributed by atoms with van der Waals surface area (Å²) in [5.74, 6) is 1.44. The summed E-state index contributed by atoms with van der Waals surface area (Å²) >= 11 is 0. The first-order chi connectivity index (χ1) is 14.9. The number of hydrogen-bond acceptors (Lipinski definition) is 4. The van der Waals surface area contributed by atoms with Gasteiger partial charge in [-0.3, -0.25) is 9.79 Å². The SMILES string of the molecule is C=C1C=CC=CC1=N/C=C(\C)COc1cccc(OCc2cccc(C)c2C(C)=O)c1. The maximum absolute atomic E-state index is 12.0. The van der Waals surface area contributed by atoms with Gasteiger partial charge in [0.2, 0.25) is 0 Å². The van der Waals surface area contributed by atoms with Crippen molar-refractivity contribution in [3.63, 3.8) is 0 Å². The van der Waals surface area contributed by atoms with Crippen LogP contribution in [-0.2, 0) is 6.61 Å². The Labute approximate surface area is 183 Å². The minimum Gasteiger partial charge on any atom is -0.489 e. The topological polar surface area (TPSA) is 47.9 Å². The number of aryl methyl sites for hydroxylation is 1. The Balaban J connectivity index is 1.60. The standard InChI is InChI=1S/C27H27NO3/c1-19(16-28-26-14-6-5-9-20(26)2)17-30-24-12-8-13-25(15-24)31-18-23-11-7-10-21(3)27(23)22(4)29/h5-16H,2,17-18H2,1,3-4H3/b19-16+,28-26?. The normalized spacial score (nSPS) is 14.7. The molecule has 0 saturated heterocycles. The zero-order valence-electron chi connectivity index (χ0n) is 18.2.